The van der Waals surface area contributed by atoms with Crippen molar-refractivity contribution in [2.24, 2.45) is 0 Å². The number of allylic oxidation sites excluding steroid dienone is 8. The zero-order valence-electron chi connectivity index (χ0n) is 32.7. The van der Waals surface area contributed by atoms with E-state index in [-0.39, 0.29) is 22.3 Å². The van der Waals surface area contributed by atoms with Gasteiger partial charge in [-0.05, 0) is 109 Å². The smallest absolute Gasteiger partial charge is 0.264 e. The maximum absolute atomic E-state index is 11.5. The van der Waals surface area contributed by atoms with E-state index in [2.05, 4.69) is 134 Å². The van der Waals surface area contributed by atoms with Crippen molar-refractivity contribution in [3.05, 3.63) is 130 Å². The second-order valence-electron chi connectivity index (χ2n) is 16.3. The van der Waals surface area contributed by atoms with Gasteiger partial charge >= 0.3 is 0 Å². The summed E-state index contributed by atoms with van der Waals surface area (Å²) < 4.78 is 57.4. The van der Waals surface area contributed by atoms with Crippen molar-refractivity contribution in [1.29, 1.82) is 0 Å². The Balaban J connectivity index is 1.24. The van der Waals surface area contributed by atoms with Crippen LogP contribution in [0.3, 0.4) is 0 Å². The second kappa shape index (κ2) is 16.1. The Morgan fingerprint density at radius 2 is 1.48 bits per heavy atom. The van der Waals surface area contributed by atoms with Crippen molar-refractivity contribution >= 4 is 71.1 Å². The normalized spacial score (nSPS) is 19.4. The molecule has 0 atom stereocenters. The maximum Gasteiger partial charge on any atom is 0.264 e. The predicted molar refractivity (Wildman–Crippen MR) is 233 cm³/mol. The standard InChI is InChI=1S/C46H51ClN2O5S2/c1-45(2)40(48(28-9-11-30-55(50)51)38-24-20-32-14-5-7-18-36(32)42(38)45)26-22-34-16-13-17-35(44(34)47)23-27-41-46(3,4)43-37-19-8-6-15-33(37)21-25-39(43)49(41)29-10-12-31-56(52,53)54/h5-8,14-15,18-27,55H,9-13,16-17,28-31H2,1-4H3/p+1. The van der Waals surface area contributed by atoms with Gasteiger partial charge in [-0.3, -0.25) is 4.55 Å². The van der Waals surface area contributed by atoms with Crippen LogP contribution in [0.25, 0.3) is 21.5 Å². The third-order valence-corrected chi connectivity index (χ3v) is 13.8. The van der Waals surface area contributed by atoms with Gasteiger partial charge in [0.2, 0.25) is 5.69 Å². The van der Waals surface area contributed by atoms with Crippen molar-refractivity contribution in [1.82, 2.24) is 0 Å². The molecule has 56 heavy (non-hydrogen) atoms. The molecule has 0 radical (unpaired) electrons. The van der Waals surface area contributed by atoms with Crippen LogP contribution in [0.2, 0.25) is 0 Å². The van der Waals surface area contributed by atoms with E-state index >= 15 is 0 Å². The number of rotatable bonds is 13. The molecule has 3 aliphatic rings. The Kier molecular flexibility index (Phi) is 11.5. The fraction of sp³-hybridized carbons (Fsp3) is 0.370. The first-order valence-corrected chi connectivity index (χ1v) is 23.1. The fourth-order valence-electron chi connectivity index (χ4n) is 9.18. The summed E-state index contributed by atoms with van der Waals surface area (Å²) in [6.45, 7) is 10.4. The van der Waals surface area contributed by atoms with Gasteiger partial charge in [-0.2, -0.15) is 13.0 Å². The van der Waals surface area contributed by atoms with E-state index in [0.717, 1.165) is 59.8 Å². The van der Waals surface area contributed by atoms with Gasteiger partial charge in [0.15, 0.2) is 5.71 Å². The molecule has 1 N–H and O–H groups in total. The highest BCUT2D eigenvalue weighted by atomic mass is 35.5. The van der Waals surface area contributed by atoms with Crippen LogP contribution in [-0.2, 0) is 31.7 Å². The molecule has 294 valence electrons. The van der Waals surface area contributed by atoms with Gasteiger partial charge < -0.3 is 4.90 Å². The lowest BCUT2D eigenvalue weighted by atomic mass is 9.78. The first kappa shape index (κ1) is 40.2. The van der Waals surface area contributed by atoms with E-state index in [4.69, 9.17) is 11.6 Å². The van der Waals surface area contributed by atoms with Crippen LogP contribution in [-0.4, -0.2) is 56.3 Å². The molecule has 1 aliphatic carbocycles. The summed E-state index contributed by atoms with van der Waals surface area (Å²) in [5, 5.41) is 5.59. The van der Waals surface area contributed by atoms with Crippen LogP contribution in [0, 0.1) is 0 Å². The van der Waals surface area contributed by atoms with Crippen molar-refractivity contribution < 1.29 is 26.0 Å². The zero-order chi connectivity index (χ0) is 39.8. The van der Waals surface area contributed by atoms with Gasteiger partial charge in [0.1, 0.15) is 17.2 Å². The second-order valence-corrected chi connectivity index (χ2v) is 19.4. The fourth-order valence-corrected chi connectivity index (χ4v) is 10.6. The molecule has 4 aromatic carbocycles. The molecule has 7 nitrogen and oxygen atoms in total. The third kappa shape index (κ3) is 7.93. The minimum absolute atomic E-state index is 0.196. The average Bonchev–Trinajstić information content (AvgIpc) is 3.51. The van der Waals surface area contributed by atoms with E-state index in [0.29, 0.717) is 25.8 Å². The number of thiol groups is 1. The quantitative estimate of drug-likeness (QED) is 0.0604. The topological polar surface area (TPSA) is 94.8 Å². The highest BCUT2D eigenvalue weighted by Gasteiger charge is 2.45. The van der Waals surface area contributed by atoms with Crippen LogP contribution >= 0.6 is 11.6 Å². The third-order valence-electron chi connectivity index (χ3n) is 11.9. The van der Waals surface area contributed by atoms with Crippen LogP contribution in [0.4, 0.5) is 11.4 Å². The van der Waals surface area contributed by atoms with E-state index in [9.17, 15) is 21.4 Å². The highest BCUT2D eigenvalue weighted by molar-refractivity contribution is 7.85. The van der Waals surface area contributed by atoms with Crippen LogP contribution in [0.15, 0.2) is 119 Å². The number of unbranched alkanes of at least 4 members (excludes halogenated alkanes) is 2. The largest absolute Gasteiger partial charge is 0.344 e. The molecule has 2 aliphatic heterocycles. The summed E-state index contributed by atoms with van der Waals surface area (Å²) in [6.07, 6.45) is 13.9. The lowest BCUT2D eigenvalue weighted by molar-refractivity contribution is -0.438. The zero-order valence-corrected chi connectivity index (χ0v) is 35.2. The Morgan fingerprint density at radius 1 is 0.804 bits per heavy atom. The molecule has 0 spiro atoms. The summed E-state index contributed by atoms with van der Waals surface area (Å²) in [4.78, 5) is 2.38. The molecule has 0 amide bonds. The number of benzene rings is 4. The maximum atomic E-state index is 11.5. The van der Waals surface area contributed by atoms with Crippen molar-refractivity contribution in [3.63, 3.8) is 0 Å². The highest BCUT2D eigenvalue weighted by Crippen LogP contribution is 2.51. The van der Waals surface area contributed by atoms with E-state index in [1.807, 2.05) is 0 Å². The molecule has 7 rings (SSSR count). The summed E-state index contributed by atoms with van der Waals surface area (Å²) >= 11 is 7.30. The van der Waals surface area contributed by atoms with Gasteiger partial charge in [0, 0.05) is 58.3 Å². The predicted octanol–water partition coefficient (Wildman–Crippen LogP) is 10.3. The molecule has 10 heteroatoms. The number of nitrogens with zero attached hydrogens (tertiary/aromatic N) is 2. The Hall–Kier alpha value is -4.02. The lowest BCUT2D eigenvalue weighted by Crippen LogP contribution is -2.28. The SMILES string of the molecule is CC1(C)C(/C=C/C2=C(Cl)C(=C/C=C3/N(CCCC[SH](=O)=O)c4ccc5ccccc5c4C3(C)C)/CCC2)=[N+](CCCCS(=O)(=O)O)c2ccc3ccccc3c21. The van der Waals surface area contributed by atoms with Gasteiger partial charge in [-0.15, -0.1) is 0 Å². The van der Waals surface area contributed by atoms with Gasteiger partial charge in [-0.25, -0.2) is 8.42 Å². The Labute approximate surface area is 338 Å². The molecular formula is C46H52ClN2O5S2+. The van der Waals surface area contributed by atoms with E-state index < -0.39 is 20.8 Å². The molecule has 0 unspecified atom stereocenters. The molecule has 0 fully saturated rings. The molecule has 0 bridgehead atoms. The molecule has 4 aromatic rings. The summed E-state index contributed by atoms with van der Waals surface area (Å²) in [6, 6.07) is 25.7. The number of anilines is 1. The number of halogens is 1. The molecule has 2 heterocycles. The summed E-state index contributed by atoms with van der Waals surface area (Å²) in [5.41, 5.74) is 8.69. The number of fused-ring (bicyclic) bond motifs is 6. The van der Waals surface area contributed by atoms with Gasteiger partial charge in [0.05, 0.1) is 11.2 Å². The van der Waals surface area contributed by atoms with E-state index in [1.54, 1.807) is 0 Å². The summed E-state index contributed by atoms with van der Waals surface area (Å²) in [5.74, 6) is -0.0585. The van der Waals surface area contributed by atoms with Gasteiger partial charge in [0.25, 0.3) is 10.1 Å². The number of hydrogen-bond acceptors (Lipinski definition) is 5. The van der Waals surface area contributed by atoms with E-state index in [1.165, 1.54) is 44.1 Å². The van der Waals surface area contributed by atoms with Gasteiger partial charge in [-0.1, -0.05) is 92.2 Å². The Bertz CT molecular complexity index is 2550. The average molecular weight is 813 g/mol. The van der Waals surface area contributed by atoms with Crippen LogP contribution < -0.4 is 4.90 Å². The number of hydrogen-bond donors (Lipinski definition) is 2. The molecule has 0 aromatic heterocycles. The minimum Gasteiger partial charge on any atom is -0.344 e. The Morgan fingerprint density at radius 3 is 2.18 bits per heavy atom. The molecular weight excluding hydrogens is 760 g/mol. The van der Waals surface area contributed by atoms with Crippen molar-refractivity contribution in [2.45, 2.75) is 83.5 Å². The monoisotopic (exact) mass is 811 g/mol. The lowest BCUT2D eigenvalue weighted by Gasteiger charge is -2.27. The van der Waals surface area contributed by atoms with Crippen LogP contribution in [0.1, 0.15) is 83.8 Å². The minimum atomic E-state index is -4.03. The summed E-state index contributed by atoms with van der Waals surface area (Å²) in [7, 11) is -6.42. The first-order valence-electron chi connectivity index (χ1n) is 19.7. The van der Waals surface area contributed by atoms with Crippen molar-refractivity contribution in [3.8, 4) is 0 Å². The molecule has 0 saturated heterocycles. The van der Waals surface area contributed by atoms with Crippen molar-refractivity contribution in [2.75, 3.05) is 29.5 Å². The first-order chi connectivity index (χ1) is 26.7. The van der Waals surface area contributed by atoms with Crippen LogP contribution in [0.5, 0.6) is 0 Å². The molecule has 0 saturated carbocycles.